The molecule has 3 aliphatic rings. The normalized spacial score (nSPS) is 38.7. The summed E-state index contributed by atoms with van der Waals surface area (Å²) < 4.78 is 0. The molecule has 1 spiro atoms. The first-order valence-corrected chi connectivity index (χ1v) is 4.68. The van der Waals surface area contributed by atoms with E-state index in [9.17, 15) is 0 Å². The average Bonchev–Trinajstić information content (AvgIpc) is 2.53. The van der Waals surface area contributed by atoms with Crippen LogP contribution in [0.2, 0.25) is 0 Å². The lowest BCUT2D eigenvalue weighted by molar-refractivity contribution is 0.361. The molecule has 0 aromatic rings. The molecule has 0 N–H and O–H groups in total. The molecule has 0 bridgehead atoms. The van der Waals surface area contributed by atoms with Crippen molar-refractivity contribution in [2.45, 2.75) is 19.3 Å². The molecule has 1 unspecified atom stereocenters. The minimum absolute atomic E-state index is 0.686. The second-order valence-electron chi connectivity index (χ2n) is 4.44. The molecule has 0 heterocycles. The molecule has 0 nitrogen and oxygen atoms in total. The van der Waals surface area contributed by atoms with Gasteiger partial charge in [-0.15, -0.1) is 0 Å². The Labute approximate surface area is 75.0 Å². The molecule has 3 saturated carbocycles. The molecule has 3 fully saturated rings. The van der Waals surface area contributed by atoms with Crippen LogP contribution >= 0.6 is 0 Å². The predicted octanol–water partition coefficient (Wildman–Crippen LogP) is 2.75. The van der Waals surface area contributed by atoms with Crippen LogP contribution < -0.4 is 0 Å². The van der Waals surface area contributed by atoms with E-state index in [-0.39, 0.29) is 0 Å². The van der Waals surface area contributed by atoms with Crippen LogP contribution in [-0.2, 0) is 0 Å². The zero-order chi connectivity index (χ0) is 8.18. The third-order valence-electron chi connectivity index (χ3n) is 3.48. The third kappa shape index (κ3) is 0.841. The van der Waals surface area contributed by atoms with Gasteiger partial charge in [0.1, 0.15) is 0 Å². The summed E-state index contributed by atoms with van der Waals surface area (Å²) in [7, 11) is 0. The van der Waals surface area contributed by atoms with Crippen LogP contribution in [0.4, 0.5) is 0 Å². The van der Waals surface area contributed by atoms with Crippen molar-refractivity contribution >= 4 is 0 Å². The van der Waals surface area contributed by atoms with Gasteiger partial charge in [0, 0.05) is 0 Å². The Morgan fingerprint density at radius 3 is 2.50 bits per heavy atom. The van der Waals surface area contributed by atoms with Crippen LogP contribution in [-0.4, -0.2) is 0 Å². The maximum atomic E-state index is 4.01. The highest BCUT2D eigenvalue weighted by Crippen LogP contribution is 2.71. The van der Waals surface area contributed by atoms with Gasteiger partial charge in [0.2, 0.25) is 0 Å². The first-order chi connectivity index (χ1) is 5.80. The maximum Gasteiger partial charge on any atom is -0.0130 e. The third-order valence-corrected chi connectivity index (χ3v) is 3.48. The molecule has 3 rings (SSSR count). The summed E-state index contributed by atoms with van der Waals surface area (Å²) in [5.74, 6) is 2.43. The second-order valence-corrected chi connectivity index (χ2v) is 4.44. The standard InChI is InChI=1S/C12H13/c1-9-6-12(7-9)8-11(12)10-4-2-3-5-10/h2-5,11H,1,6-8H2. The van der Waals surface area contributed by atoms with Crippen LogP contribution in [0.25, 0.3) is 0 Å². The van der Waals surface area contributed by atoms with E-state index < -0.39 is 0 Å². The Balaban J connectivity index is 1.64. The van der Waals surface area contributed by atoms with E-state index in [1.165, 1.54) is 24.8 Å². The highest BCUT2D eigenvalue weighted by Gasteiger charge is 2.61. The highest BCUT2D eigenvalue weighted by molar-refractivity contribution is 5.44. The van der Waals surface area contributed by atoms with Gasteiger partial charge in [-0.25, -0.2) is 0 Å². The zero-order valence-corrected chi connectivity index (χ0v) is 7.22. The maximum absolute atomic E-state index is 4.01. The Morgan fingerprint density at radius 1 is 1.25 bits per heavy atom. The van der Waals surface area contributed by atoms with Gasteiger partial charge < -0.3 is 0 Å². The molecular weight excluding hydrogens is 144 g/mol. The van der Waals surface area contributed by atoms with E-state index in [1.807, 2.05) is 0 Å². The fraction of sp³-hybridized carbons (Fsp3) is 0.417. The molecule has 0 saturated heterocycles. The molecule has 0 aromatic carbocycles. The molecule has 0 heteroatoms. The Kier molecular flexibility index (Phi) is 1.29. The zero-order valence-electron chi connectivity index (χ0n) is 7.22. The van der Waals surface area contributed by atoms with Crippen molar-refractivity contribution in [2.24, 2.45) is 11.3 Å². The molecule has 0 aromatic heterocycles. The van der Waals surface area contributed by atoms with E-state index in [4.69, 9.17) is 0 Å². The number of allylic oxidation sites excluding steroid dienone is 1. The van der Waals surface area contributed by atoms with Gasteiger partial charge in [-0.2, -0.15) is 0 Å². The molecule has 5 radical (unpaired) electrons. The minimum atomic E-state index is 0.686. The first-order valence-electron chi connectivity index (χ1n) is 4.68. The average molecular weight is 157 g/mol. The highest BCUT2D eigenvalue weighted by atomic mass is 14.7. The number of hydrogen-bond donors (Lipinski definition) is 0. The minimum Gasteiger partial charge on any atom is -0.0998 e. The lowest BCUT2D eigenvalue weighted by atomic mass is 9.74. The van der Waals surface area contributed by atoms with Crippen LogP contribution in [0.3, 0.4) is 0 Å². The van der Waals surface area contributed by atoms with Gasteiger partial charge in [-0.3, -0.25) is 0 Å². The van der Waals surface area contributed by atoms with Gasteiger partial charge in [-0.1, -0.05) is 12.2 Å². The van der Waals surface area contributed by atoms with Crippen molar-refractivity contribution in [1.82, 2.24) is 0 Å². The van der Waals surface area contributed by atoms with Crippen molar-refractivity contribution < 1.29 is 0 Å². The van der Waals surface area contributed by atoms with Crippen LogP contribution in [0, 0.1) is 42.9 Å². The second kappa shape index (κ2) is 2.16. The van der Waals surface area contributed by atoms with Gasteiger partial charge in [-0.05, 0) is 62.2 Å². The van der Waals surface area contributed by atoms with Crippen molar-refractivity contribution in [3.63, 3.8) is 0 Å². The SMILES string of the molecule is C=C1CC2(C1)CC2[C]1[CH][CH][CH][CH]1. The summed E-state index contributed by atoms with van der Waals surface area (Å²) in [6, 6.07) is 0. The summed E-state index contributed by atoms with van der Waals surface area (Å²) in [5.41, 5.74) is 2.15. The van der Waals surface area contributed by atoms with Crippen LogP contribution in [0.1, 0.15) is 19.3 Å². The van der Waals surface area contributed by atoms with E-state index in [1.54, 1.807) is 5.92 Å². The lowest BCUT2D eigenvalue weighted by Gasteiger charge is -2.31. The Bertz CT molecular complexity index is 212. The van der Waals surface area contributed by atoms with E-state index in [2.05, 4.69) is 32.3 Å². The number of hydrogen-bond acceptors (Lipinski definition) is 0. The lowest BCUT2D eigenvalue weighted by Crippen LogP contribution is -2.19. The van der Waals surface area contributed by atoms with Gasteiger partial charge in [0.25, 0.3) is 0 Å². The molecule has 1 atom stereocenters. The van der Waals surface area contributed by atoms with Crippen molar-refractivity contribution in [3.8, 4) is 0 Å². The summed E-state index contributed by atoms with van der Waals surface area (Å²) >= 11 is 0. The monoisotopic (exact) mass is 157 g/mol. The van der Waals surface area contributed by atoms with Crippen LogP contribution in [0.5, 0.6) is 0 Å². The van der Waals surface area contributed by atoms with E-state index >= 15 is 0 Å². The van der Waals surface area contributed by atoms with Crippen molar-refractivity contribution in [1.29, 1.82) is 0 Å². The predicted molar refractivity (Wildman–Crippen MR) is 49.4 cm³/mol. The summed E-state index contributed by atoms with van der Waals surface area (Å²) in [4.78, 5) is 0. The van der Waals surface area contributed by atoms with Crippen molar-refractivity contribution in [2.75, 3.05) is 0 Å². The van der Waals surface area contributed by atoms with Gasteiger partial charge >= 0.3 is 0 Å². The Hall–Kier alpha value is -0.260. The fourth-order valence-electron chi connectivity index (χ4n) is 2.77. The summed E-state index contributed by atoms with van der Waals surface area (Å²) in [6.45, 7) is 4.01. The van der Waals surface area contributed by atoms with Gasteiger partial charge in [0.15, 0.2) is 0 Å². The molecule has 0 aliphatic heterocycles. The van der Waals surface area contributed by atoms with E-state index in [0.29, 0.717) is 5.41 Å². The first kappa shape index (κ1) is 7.17. The fourth-order valence-corrected chi connectivity index (χ4v) is 2.77. The van der Waals surface area contributed by atoms with Crippen LogP contribution in [0.15, 0.2) is 12.2 Å². The molecule has 0 amide bonds. The van der Waals surface area contributed by atoms with Crippen molar-refractivity contribution in [3.05, 3.63) is 43.8 Å². The largest absolute Gasteiger partial charge is 0.0998 e. The molecule has 61 valence electrons. The quantitative estimate of drug-likeness (QED) is 0.513. The molecular formula is C12H13. The Morgan fingerprint density at radius 2 is 1.92 bits per heavy atom. The summed E-state index contributed by atoms with van der Waals surface area (Å²) in [6.07, 6.45) is 12.8. The molecule has 3 aliphatic carbocycles. The van der Waals surface area contributed by atoms with E-state index in [0.717, 1.165) is 5.92 Å². The number of rotatable bonds is 1. The molecule has 12 heavy (non-hydrogen) atoms. The topological polar surface area (TPSA) is 0 Å². The van der Waals surface area contributed by atoms with Gasteiger partial charge in [0.05, 0.1) is 0 Å². The smallest absolute Gasteiger partial charge is 0.0130 e. The summed E-state index contributed by atoms with van der Waals surface area (Å²) in [5, 5.41) is 0.